The predicted octanol–water partition coefficient (Wildman–Crippen LogP) is 2.48. The molecular formula is C19H20N2O4. The van der Waals surface area contributed by atoms with Gasteiger partial charge in [0, 0.05) is 18.6 Å². The van der Waals surface area contributed by atoms with E-state index in [1.54, 1.807) is 12.1 Å². The van der Waals surface area contributed by atoms with Crippen LogP contribution in [0, 0.1) is 10.1 Å². The van der Waals surface area contributed by atoms with Gasteiger partial charge in [-0.25, -0.2) is 0 Å². The number of hydrogen-bond donors (Lipinski definition) is 2. The Kier molecular flexibility index (Phi) is 4.81. The van der Waals surface area contributed by atoms with Gasteiger partial charge in [0.1, 0.15) is 5.60 Å². The Bertz CT molecular complexity index is 806. The van der Waals surface area contributed by atoms with E-state index in [0.717, 1.165) is 23.1 Å². The molecule has 0 radical (unpaired) electrons. The Balaban J connectivity index is 1.54. The largest absolute Gasteiger partial charge is 0.383 e. The highest BCUT2D eigenvalue weighted by Crippen LogP contribution is 2.36. The van der Waals surface area contributed by atoms with Crippen molar-refractivity contribution in [3.8, 4) is 0 Å². The van der Waals surface area contributed by atoms with Crippen molar-refractivity contribution in [1.82, 2.24) is 5.32 Å². The molecule has 1 unspecified atom stereocenters. The number of carbonyl (C=O) groups is 1. The fourth-order valence-electron chi connectivity index (χ4n) is 3.27. The van der Waals surface area contributed by atoms with Gasteiger partial charge in [-0.3, -0.25) is 14.9 Å². The van der Waals surface area contributed by atoms with Gasteiger partial charge < -0.3 is 10.4 Å². The van der Waals surface area contributed by atoms with Crippen molar-refractivity contribution in [2.75, 3.05) is 6.54 Å². The Morgan fingerprint density at radius 2 is 2.04 bits per heavy atom. The number of rotatable bonds is 6. The first-order valence-electron chi connectivity index (χ1n) is 8.29. The number of aryl methyl sites for hydroxylation is 2. The van der Waals surface area contributed by atoms with Gasteiger partial charge in [-0.2, -0.15) is 0 Å². The number of nitrogens with zero attached hydrogens (tertiary/aromatic N) is 1. The van der Waals surface area contributed by atoms with Gasteiger partial charge in [-0.15, -0.1) is 0 Å². The second-order valence-electron chi connectivity index (χ2n) is 6.39. The molecule has 1 atom stereocenters. The average Bonchev–Trinajstić information content (AvgIpc) is 2.96. The van der Waals surface area contributed by atoms with E-state index in [2.05, 4.69) is 5.32 Å². The molecule has 0 spiro atoms. The van der Waals surface area contributed by atoms with E-state index in [4.69, 9.17) is 0 Å². The summed E-state index contributed by atoms with van der Waals surface area (Å²) in [4.78, 5) is 22.4. The lowest BCUT2D eigenvalue weighted by Crippen LogP contribution is -2.39. The van der Waals surface area contributed by atoms with Crippen LogP contribution in [0.15, 0.2) is 48.5 Å². The maximum Gasteiger partial charge on any atom is 0.269 e. The van der Waals surface area contributed by atoms with Crippen molar-refractivity contribution in [3.63, 3.8) is 0 Å². The van der Waals surface area contributed by atoms with Crippen LogP contribution in [0.2, 0.25) is 0 Å². The van der Waals surface area contributed by atoms with E-state index in [9.17, 15) is 20.0 Å². The van der Waals surface area contributed by atoms with Crippen LogP contribution in [0.25, 0.3) is 0 Å². The van der Waals surface area contributed by atoms with Crippen LogP contribution < -0.4 is 5.32 Å². The molecular weight excluding hydrogens is 320 g/mol. The van der Waals surface area contributed by atoms with E-state index >= 15 is 0 Å². The average molecular weight is 340 g/mol. The SMILES string of the molecule is O=C(CCc1cccc([N+](=O)[O-])c1)NCC1(O)CCc2ccccc21. The van der Waals surface area contributed by atoms with Gasteiger partial charge in [0.2, 0.25) is 5.91 Å². The fraction of sp³-hybridized carbons (Fsp3) is 0.316. The first kappa shape index (κ1) is 17.1. The number of nitrogens with one attached hydrogen (secondary N) is 1. The summed E-state index contributed by atoms with van der Waals surface area (Å²) in [5.41, 5.74) is 1.76. The first-order chi connectivity index (χ1) is 12.0. The highest BCUT2D eigenvalue weighted by atomic mass is 16.6. The molecule has 25 heavy (non-hydrogen) atoms. The van der Waals surface area contributed by atoms with E-state index in [1.165, 1.54) is 12.1 Å². The lowest BCUT2D eigenvalue weighted by molar-refractivity contribution is -0.384. The summed E-state index contributed by atoms with van der Waals surface area (Å²) >= 11 is 0. The van der Waals surface area contributed by atoms with Gasteiger partial charge in [-0.1, -0.05) is 36.4 Å². The van der Waals surface area contributed by atoms with Crippen LogP contribution in [0.5, 0.6) is 0 Å². The summed E-state index contributed by atoms with van der Waals surface area (Å²) in [6.45, 7) is 0.178. The third-order valence-electron chi connectivity index (χ3n) is 4.67. The molecule has 0 aromatic heterocycles. The standard InChI is InChI=1S/C19H20N2O4/c22-18(9-8-14-4-3-6-16(12-14)21(24)25)20-13-19(23)11-10-15-5-1-2-7-17(15)19/h1-7,12,23H,8-11,13H2,(H,20,22). The normalized spacial score (nSPS) is 18.6. The van der Waals surface area contributed by atoms with E-state index in [1.807, 2.05) is 24.3 Å². The third-order valence-corrected chi connectivity index (χ3v) is 4.67. The molecule has 6 heteroatoms. The summed E-state index contributed by atoms with van der Waals surface area (Å²) in [7, 11) is 0. The lowest BCUT2D eigenvalue weighted by atomic mass is 9.96. The topological polar surface area (TPSA) is 92.5 Å². The van der Waals surface area contributed by atoms with E-state index in [-0.39, 0.29) is 24.6 Å². The summed E-state index contributed by atoms with van der Waals surface area (Å²) in [6.07, 6.45) is 2.04. The van der Waals surface area contributed by atoms with Crippen LogP contribution in [0.1, 0.15) is 29.5 Å². The summed E-state index contributed by atoms with van der Waals surface area (Å²) in [6, 6.07) is 14.0. The number of benzene rings is 2. The number of nitro groups is 1. The molecule has 0 saturated heterocycles. The Hall–Kier alpha value is -2.73. The molecule has 6 nitrogen and oxygen atoms in total. The molecule has 0 fully saturated rings. The number of amides is 1. The summed E-state index contributed by atoms with van der Waals surface area (Å²) in [5, 5.41) is 24.4. The summed E-state index contributed by atoms with van der Waals surface area (Å²) in [5.74, 6) is -0.177. The van der Waals surface area contributed by atoms with Gasteiger partial charge in [0.25, 0.3) is 5.69 Å². The van der Waals surface area contributed by atoms with E-state index < -0.39 is 10.5 Å². The molecule has 0 aliphatic heterocycles. The van der Waals surface area contributed by atoms with Crippen molar-refractivity contribution in [1.29, 1.82) is 0 Å². The smallest absolute Gasteiger partial charge is 0.269 e. The summed E-state index contributed by atoms with van der Waals surface area (Å²) < 4.78 is 0. The van der Waals surface area contributed by atoms with Gasteiger partial charge >= 0.3 is 0 Å². The van der Waals surface area contributed by atoms with Crippen LogP contribution in [0.4, 0.5) is 5.69 Å². The van der Waals surface area contributed by atoms with Crippen molar-refractivity contribution in [2.45, 2.75) is 31.3 Å². The number of aliphatic hydroxyl groups is 1. The zero-order valence-electron chi connectivity index (χ0n) is 13.8. The third kappa shape index (κ3) is 3.85. The maximum absolute atomic E-state index is 12.1. The minimum Gasteiger partial charge on any atom is -0.383 e. The quantitative estimate of drug-likeness (QED) is 0.624. The van der Waals surface area contributed by atoms with Crippen molar-refractivity contribution in [2.24, 2.45) is 0 Å². The molecule has 1 aliphatic carbocycles. The first-order valence-corrected chi connectivity index (χ1v) is 8.29. The number of nitro benzene ring substituents is 1. The minimum absolute atomic E-state index is 0.0229. The second-order valence-corrected chi connectivity index (χ2v) is 6.39. The van der Waals surface area contributed by atoms with Crippen LogP contribution in [-0.2, 0) is 23.2 Å². The zero-order valence-corrected chi connectivity index (χ0v) is 13.8. The van der Waals surface area contributed by atoms with Crippen LogP contribution in [0.3, 0.4) is 0 Å². The Labute approximate surface area is 145 Å². The molecule has 1 aliphatic rings. The van der Waals surface area contributed by atoms with Crippen molar-refractivity contribution < 1.29 is 14.8 Å². The number of non-ortho nitro benzene ring substituents is 1. The van der Waals surface area contributed by atoms with Crippen LogP contribution in [-0.4, -0.2) is 22.5 Å². The Morgan fingerprint density at radius 3 is 2.84 bits per heavy atom. The zero-order chi connectivity index (χ0) is 17.9. The molecule has 0 saturated carbocycles. The molecule has 2 N–H and O–H groups in total. The number of hydrogen-bond acceptors (Lipinski definition) is 4. The molecule has 0 bridgehead atoms. The van der Waals surface area contributed by atoms with Crippen LogP contribution >= 0.6 is 0 Å². The number of fused-ring (bicyclic) bond motifs is 1. The maximum atomic E-state index is 12.1. The van der Waals surface area contributed by atoms with E-state index in [0.29, 0.717) is 12.8 Å². The highest BCUT2D eigenvalue weighted by Gasteiger charge is 2.36. The molecule has 1 amide bonds. The van der Waals surface area contributed by atoms with Gasteiger partial charge in [-0.05, 0) is 36.0 Å². The molecule has 0 heterocycles. The Morgan fingerprint density at radius 1 is 1.24 bits per heavy atom. The second kappa shape index (κ2) is 7.03. The van der Waals surface area contributed by atoms with Gasteiger partial charge in [0.05, 0.1) is 11.5 Å². The molecule has 3 rings (SSSR count). The molecule has 2 aromatic carbocycles. The molecule has 2 aromatic rings. The highest BCUT2D eigenvalue weighted by molar-refractivity contribution is 5.76. The fourth-order valence-corrected chi connectivity index (χ4v) is 3.27. The van der Waals surface area contributed by atoms with Crippen molar-refractivity contribution >= 4 is 11.6 Å². The number of carbonyl (C=O) groups excluding carboxylic acids is 1. The predicted molar refractivity (Wildman–Crippen MR) is 93.1 cm³/mol. The molecule has 130 valence electrons. The van der Waals surface area contributed by atoms with Gasteiger partial charge in [0.15, 0.2) is 0 Å². The lowest BCUT2D eigenvalue weighted by Gasteiger charge is -2.24. The monoisotopic (exact) mass is 340 g/mol. The minimum atomic E-state index is -1.02. The van der Waals surface area contributed by atoms with Crippen molar-refractivity contribution in [3.05, 3.63) is 75.3 Å².